The molecule has 1 spiro atoms. The van der Waals surface area contributed by atoms with E-state index in [1.807, 2.05) is 0 Å². The van der Waals surface area contributed by atoms with Crippen molar-refractivity contribution in [1.29, 1.82) is 0 Å². The number of rotatable bonds is 4. The fourth-order valence-electron chi connectivity index (χ4n) is 2.84. The van der Waals surface area contributed by atoms with E-state index in [0.29, 0.717) is 18.4 Å². The number of carbonyl (C=O) groups is 2. The second-order valence-electron chi connectivity index (χ2n) is 5.54. The lowest BCUT2D eigenvalue weighted by molar-refractivity contribution is -0.132. The van der Waals surface area contributed by atoms with Crippen LogP contribution in [-0.4, -0.2) is 40.5 Å². The highest BCUT2D eigenvalue weighted by molar-refractivity contribution is 7.99. The van der Waals surface area contributed by atoms with Crippen molar-refractivity contribution in [3.63, 3.8) is 0 Å². The topological polar surface area (TPSA) is 58.6 Å². The van der Waals surface area contributed by atoms with Gasteiger partial charge in [0.05, 0.1) is 6.54 Å². The Morgan fingerprint density at radius 1 is 1.22 bits per heavy atom. The van der Waals surface area contributed by atoms with Crippen LogP contribution in [0.3, 0.4) is 0 Å². The van der Waals surface area contributed by atoms with Crippen molar-refractivity contribution in [3.8, 4) is 5.75 Å². The third-order valence-electron chi connectivity index (χ3n) is 4.08. The van der Waals surface area contributed by atoms with Crippen molar-refractivity contribution >= 4 is 23.7 Å². The molecule has 2 aliphatic heterocycles. The SMILES string of the molecule is O=C1NC2(CCSCC2)C(=O)N1Cc1ccc(OC(F)F)cc1. The van der Waals surface area contributed by atoms with Gasteiger partial charge >= 0.3 is 12.6 Å². The van der Waals surface area contributed by atoms with Crippen LogP contribution in [0.15, 0.2) is 24.3 Å². The average molecular weight is 342 g/mol. The van der Waals surface area contributed by atoms with Gasteiger partial charge < -0.3 is 10.1 Å². The number of nitrogens with one attached hydrogen (secondary N) is 1. The summed E-state index contributed by atoms with van der Waals surface area (Å²) in [4.78, 5) is 26.0. The summed E-state index contributed by atoms with van der Waals surface area (Å²) >= 11 is 1.77. The minimum Gasteiger partial charge on any atom is -0.435 e. The number of alkyl halides is 2. The number of urea groups is 1. The molecule has 3 rings (SSSR count). The van der Waals surface area contributed by atoms with Crippen LogP contribution in [-0.2, 0) is 11.3 Å². The number of imide groups is 1. The number of amides is 3. The van der Waals surface area contributed by atoms with Crippen molar-refractivity contribution in [3.05, 3.63) is 29.8 Å². The van der Waals surface area contributed by atoms with E-state index >= 15 is 0 Å². The monoisotopic (exact) mass is 342 g/mol. The number of hydrogen-bond donors (Lipinski definition) is 1. The molecule has 0 unspecified atom stereocenters. The van der Waals surface area contributed by atoms with Crippen LogP contribution in [0.1, 0.15) is 18.4 Å². The van der Waals surface area contributed by atoms with Gasteiger partial charge in [-0.15, -0.1) is 0 Å². The van der Waals surface area contributed by atoms with Crippen molar-refractivity contribution in [2.75, 3.05) is 11.5 Å². The van der Waals surface area contributed by atoms with E-state index in [9.17, 15) is 18.4 Å². The van der Waals surface area contributed by atoms with E-state index in [4.69, 9.17) is 0 Å². The lowest BCUT2D eigenvalue weighted by atomic mass is 9.92. The molecule has 0 radical (unpaired) electrons. The highest BCUT2D eigenvalue weighted by Gasteiger charge is 2.51. The Bertz CT molecular complexity index is 603. The number of carbonyl (C=O) groups excluding carboxylic acids is 2. The fraction of sp³-hybridized carbons (Fsp3) is 0.467. The summed E-state index contributed by atoms with van der Waals surface area (Å²) in [5.41, 5.74) is -0.0847. The quantitative estimate of drug-likeness (QED) is 0.855. The van der Waals surface area contributed by atoms with E-state index in [2.05, 4.69) is 10.1 Å². The average Bonchev–Trinajstić information content (AvgIpc) is 2.74. The third kappa shape index (κ3) is 3.26. The smallest absolute Gasteiger partial charge is 0.387 e. The molecule has 5 nitrogen and oxygen atoms in total. The zero-order valence-electron chi connectivity index (χ0n) is 12.3. The van der Waals surface area contributed by atoms with E-state index in [1.165, 1.54) is 17.0 Å². The molecule has 3 amide bonds. The highest BCUT2D eigenvalue weighted by Crippen LogP contribution is 2.33. The molecule has 2 fully saturated rings. The number of hydrogen-bond acceptors (Lipinski definition) is 4. The summed E-state index contributed by atoms with van der Waals surface area (Å²) in [5.74, 6) is 1.54. The fourth-order valence-corrected chi connectivity index (χ4v) is 4.03. The summed E-state index contributed by atoms with van der Waals surface area (Å²) in [7, 11) is 0. The number of halogens is 2. The van der Waals surface area contributed by atoms with Crippen molar-refractivity contribution in [2.24, 2.45) is 0 Å². The normalized spacial score (nSPS) is 20.2. The Balaban J connectivity index is 1.70. The molecule has 124 valence electrons. The molecule has 0 saturated carbocycles. The van der Waals surface area contributed by atoms with Crippen LogP contribution >= 0.6 is 11.8 Å². The van der Waals surface area contributed by atoms with Gasteiger partial charge in [0.2, 0.25) is 0 Å². The molecule has 0 aliphatic carbocycles. The predicted octanol–water partition coefficient (Wildman–Crippen LogP) is 2.61. The predicted molar refractivity (Wildman–Crippen MR) is 81.4 cm³/mol. The van der Waals surface area contributed by atoms with Gasteiger partial charge in [-0.1, -0.05) is 12.1 Å². The molecule has 2 heterocycles. The molecule has 2 aliphatic rings. The maximum Gasteiger partial charge on any atom is 0.387 e. The summed E-state index contributed by atoms with van der Waals surface area (Å²) in [6.45, 7) is -2.76. The summed E-state index contributed by atoms with van der Waals surface area (Å²) in [6.07, 6.45) is 1.28. The van der Waals surface area contributed by atoms with Gasteiger partial charge in [0.25, 0.3) is 5.91 Å². The molecular weight excluding hydrogens is 326 g/mol. The maximum absolute atomic E-state index is 12.6. The Kier molecular flexibility index (Phi) is 4.43. The lowest BCUT2D eigenvalue weighted by Crippen LogP contribution is -2.49. The first kappa shape index (κ1) is 16.0. The minimum absolute atomic E-state index is 0.0433. The molecule has 1 N–H and O–H groups in total. The first-order chi connectivity index (χ1) is 11.0. The molecule has 23 heavy (non-hydrogen) atoms. The van der Waals surface area contributed by atoms with E-state index in [0.717, 1.165) is 11.5 Å². The van der Waals surface area contributed by atoms with Gasteiger partial charge in [0.15, 0.2) is 0 Å². The highest BCUT2D eigenvalue weighted by atomic mass is 32.2. The summed E-state index contributed by atoms with van der Waals surface area (Å²) in [6, 6.07) is 5.54. The van der Waals surface area contributed by atoms with E-state index in [-0.39, 0.29) is 18.2 Å². The first-order valence-electron chi connectivity index (χ1n) is 7.26. The van der Waals surface area contributed by atoms with Gasteiger partial charge in [-0.05, 0) is 42.0 Å². The van der Waals surface area contributed by atoms with Crippen LogP contribution in [0.2, 0.25) is 0 Å². The Labute approximate surface area is 136 Å². The number of thioether (sulfide) groups is 1. The molecule has 8 heteroatoms. The van der Waals surface area contributed by atoms with Crippen LogP contribution in [0.25, 0.3) is 0 Å². The van der Waals surface area contributed by atoms with Gasteiger partial charge in [-0.3, -0.25) is 9.69 Å². The zero-order chi connectivity index (χ0) is 16.4. The van der Waals surface area contributed by atoms with Crippen molar-refractivity contribution in [1.82, 2.24) is 10.2 Å². The second kappa shape index (κ2) is 6.35. The van der Waals surface area contributed by atoms with Gasteiger partial charge in [-0.25, -0.2) is 4.79 Å². The van der Waals surface area contributed by atoms with E-state index in [1.54, 1.807) is 23.9 Å². The third-order valence-corrected chi connectivity index (χ3v) is 5.07. The minimum atomic E-state index is -2.88. The van der Waals surface area contributed by atoms with Crippen LogP contribution in [0.5, 0.6) is 5.75 Å². The van der Waals surface area contributed by atoms with Crippen LogP contribution < -0.4 is 10.1 Å². The van der Waals surface area contributed by atoms with Crippen LogP contribution in [0.4, 0.5) is 13.6 Å². The number of ether oxygens (including phenoxy) is 1. The standard InChI is InChI=1S/C15H16F2N2O3S/c16-13(17)22-11-3-1-10(2-4-11)9-19-12(20)15(18-14(19)21)5-7-23-8-6-15/h1-4,13H,5-9H2,(H,18,21). The van der Waals surface area contributed by atoms with Crippen molar-refractivity contribution in [2.45, 2.75) is 31.5 Å². The largest absolute Gasteiger partial charge is 0.435 e. The van der Waals surface area contributed by atoms with E-state index < -0.39 is 18.2 Å². The van der Waals surface area contributed by atoms with Gasteiger partial charge in [-0.2, -0.15) is 20.5 Å². The Morgan fingerprint density at radius 2 is 1.87 bits per heavy atom. The Hall–Kier alpha value is -1.83. The molecule has 2 saturated heterocycles. The first-order valence-corrected chi connectivity index (χ1v) is 8.41. The van der Waals surface area contributed by atoms with Crippen LogP contribution in [0, 0.1) is 0 Å². The molecule has 1 aromatic rings. The summed E-state index contributed by atoms with van der Waals surface area (Å²) < 4.78 is 28.5. The van der Waals surface area contributed by atoms with Gasteiger partial charge in [0, 0.05) is 0 Å². The molecule has 0 aromatic heterocycles. The molecular formula is C15H16F2N2O3S. The van der Waals surface area contributed by atoms with Gasteiger partial charge in [0.1, 0.15) is 11.3 Å². The molecule has 1 aromatic carbocycles. The van der Waals surface area contributed by atoms with Crippen molar-refractivity contribution < 1.29 is 23.1 Å². The number of benzene rings is 1. The molecule has 0 atom stereocenters. The maximum atomic E-state index is 12.6. The summed E-state index contributed by atoms with van der Waals surface area (Å²) in [5, 5.41) is 2.83. The second-order valence-corrected chi connectivity index (χ2v) is 6.76. The lowest BCUT2D eigenvalue weighted by Gasteiger charge is -2.30. The number of nitrogens with zero attached hydrogens (tertiary/aromatic N) is 1. The molecule has 0 bridgehead atoms. The Morgan fingerprint density at radius 3 is 2.48 bits per heavy atom. The zero-order valence-corrected chi connectivity index (χ0v) is 13.1.